The Kier molecular flexibility index (Phi) is 6.19. The van der Waals surface area contributed by atoms with Gasteiger partial charge in [-0.1, -0.05) is 0 Å². The number of amides is 1. The van der Waals surface area contributed by atoms with Crippen molar-refractivity contribution < 1.29 is 4.79 Å². The fourth-order valence-electron chi connectivity index (χ4n) is 1.64. The van der Waals surface area contributed by atoms with Crippen molar-refractivity contribution in [1.29, 1.82) is 5.26 Å². The Hall–Kier alpha value is -1.58. The maximum absolute atomic E-state index is 12.0. The minimum atomic E-state index is -0.184. The quantitative estimate of drug-likeness (QED) is 0.372. The normalized spacial score (nSPS) is 16.6. The predicted molar refractivity (Wildman–Crippen MR) is 69.7 cm³/mol. The standard InChI is InChI=1S/C12H21N5O/c1-16(2)6-3-15-10-11(9-13)12(18)17-7-4-14-5-8-17/h10,14-15H,3-8H2,1-2H3/b11-10-. The highest BCUT2D eigenvalue weighted by Gasteiger charge is 2.19. The molecule has 1 saturated heterocycles. The maximum Gasteiger partial charge on any atom is 0.266 e. The third-order valence-electron chi connectivity index (χ3n) is 2.70. The van der Waals surface area contributed by atoms with Gasteiger partial charge in [0, 0.05) is 45.5 Å². The van der Waals surface area contributed by atoms with E-state index in [0.29, 0.717) is 19.6 Å². The van der Waals surface area contributed by atoms with Crippen LogP contribution in [0.15, 0.2) is 11.8 Å². The Bertz CT molecular complexity index is 339. The van der Waals surface area contributed by atoms with Crippen LogP contribution in [0.4, 0.5) is 0 Å². The Morgan fingerprint density at radius 1 is 1.50 bits per heavy atom. The topological polar surface area (TPSA) is 71.4 Å². The van der Waals surface area contributed by atoms with Crippen molar-refractivity contribution in [2.45, 2.75) is 0 Å². The van der Waals surface area contributed by atoms with Crippen LogP contribution in [0.3, 0.4) is 0 Å². The van der Waals surface area contributed by atoms with Gasteiger partial charge < -0.3 is 20.4 Å². The van der Waals surface area contributed by atoms with Gasteiger partial charge in [-0.2, -0.15) is 5.26 Å². The summed E-state index contributed by atoms with van der Waals surface area (Å²) in [6, 6.07) is 1.96. The van der Waals surface area contributed by atoms with Crippen molar-refractivity contribution in [1.82, 2.24) is 20.4 Å². The highest BCUT2D eigenvalue weighted by Crippen LogP contribution is 2.01. The summed E-state index contributed by atoms with van der Waals surface area (Å²) in [5, 5.41) is 15.2. The zero-order chi connectivity index (χ0) is 13.4. The number of hydrogen-bond acceptors (Lipinski definition) is 5. The van der Waals surface area contributed by atoms with Crippen molar-refractivity contribution in [3.8, 4) is 6.07 Å². The second-order valence-electron chi connectivity index (χ2n) is 4.47. The van der Waals surface area contributed by atoms with Gasteiger partial charge in [-0.15, -0.1) is 0 Å². The number of nitrogens with zero attached hydrogens (tertiary/aromatic N) is 3. The van der Waals surface area contributed by atoms with Gasteiger partial charge in [0.25, 0.3) is 5.91 Å². The minimum Gasteiger partial charge on any atom is -0.388 e. The van der Waals surface area contributed by atoms with Gasteiger partial charge in [0.1, 0.15) is 11.6 Å². The molecule has 1 rings (SSSR count). The Labute approximate surface area is 108 Å². The number of piperazine rings is 1. The first-order valence-corrected chi connectivity index (χ1v) is 6.13. The van der Waals surface area contributed by atoms with Gasteiger partial charge in [-0.25, -0.2) is 0 Å². The van der Waals surface area contributed by atoms with Crippen LogP contribution in [0.25, 0.3) is 0 Å². The lowest BCUT2D eigenvalue weighted by molar-refractivity contribution is -0.127. The molecule has 0 aliphatic carbocycles. The number of carbonyl (C=O) groups excluding carboxylic acids is 1. The molecule has 0 atom stereocenters. The van der Waals surface area contributed by atoms with E-state index in [-0.39, 0.29) is 11.5 Å². The number of nitrogens with one attached hydrogen (secondary N) is 2. The molecule has 18 heavy (non-hydrogen) atoms. The van der Waals surface area contributed by atoms with Gasteiger partial charge in [0.05, 0.1) is 0 Å². The lowest BCUT2D eigenvalue weighted by atomic mass is 10.2. The van der Waals surface area contributed by atoms with Crippen molar-refractivity contribution in [3.63, 3.8) is 0 Å². The van der Waals surface area contributed by atoms with E-state index in [2.05, 4.69) is 10.6 Å². The average molecular weight is 251 g/mol. The van der Waals surface area contributed by atoms with E-state index < -0.39 is 0 Å². The Morgan fingerprint density at radius 3 is 2.72 bits per heavy atom. The first-order chi connectivity index (χ1) is 8.65. The van der Waals surface area contributed by atoms with Crippen molar-refractivity contribution in [3.05, 3.63) is 11.8 Å². The lowest BCUT2D eigenvalue weighted by Gasteiger charge is -2.27. The zero-order valence-corrected chi connectivity index (χ0v) is 11.1. The average Bonchev–Trinajstić information content (AvgIpc) is 2.39. The van der Waals surface area contributed by atoms with E-state index in [1.165, 1.54) is 6.20 Å². The molecule has 1 heterocycles. The molecule has 1 aliphatic heterocycles. The molecule has 0 aromatic heterocycles. The van der Waals surface area contributed by atoms with Crippen LogP contribution in [0.1, 0.15) is 0 Å². The van der Waals surface area contributed by atoms with Crippen LogP contribution in [0.5, 0.6) is 0 Å². The SMILES string of the molecule is CN(C)CCN/C=C(/C#N)C(=O)N1CCNCC1. The number of hydrogen-bond donors (Lipinski definition) is 2. The van der Waals surface area contributed by atoms with E-state index in [0.717, 1.165) is 19.6 Å². The van der Waals surface area contributed by atoms with E-state index >= 15 is 0 Å². The van der Waals surface area contributed by atoms with Crippen LogP contribution in [-0.2, 0) is 4.79 Å². The molecule has 1 fully saturated rings. The van der Waals surface area contributed by atoms with Crippen molar-refractivity contribution in [2.24, 2.45) is 0 Å². The summed E-state index contributed by atoms with van der Waals surface area (Å²) in [5.41, 5.74) is 0.177. The summed E-state index contributed by atoms with van der Waals surface area (Å²) in [6.07, 6.45) is 1.52. The second-order valence-corrected chi connectivity index (χ2v) is 4.47. The fourth-order valence-corrected chi connectivity index (χ4v) is 1.64. The highest BCUT2D eigenvalue weighted by atomic mass is 16.2. The van der Waals surface area contributed by atoms with Gasteiger partial charge in [0.15, 0.2) is 0 Å². The first-order valence-electron chi connectivity index (χ1n) is 6.13. The van der Waals surface area contributed by atoms with Crippen LogP contribution in [0.2, 0.25) is 0 Å². The molecule has 100 valence electrons. The summed E-state index contributed by atoms with van der Waals surface area (Å²) in [4.78, 5) is 15.8. The van der Waals surface area contributed by atoms with Crippen LogP contribution in [-0.4, -0.2) is 69.1 Å². The van der Waals surface area contributed by atoms with Crippen LogP contribution in [0, 0.1) is 11.3 Å². The van der Waals surface area contributed by atoms with Gasteiger partial charge in [0.2, 0.25) is 0 Å². The number of nitriles is 1. The molecule has 0 aromatic carbocycles. The third-order valence-corrected chi connectivity index (χ3v) is 2.70. The largest absolute Gasteiger partial charge is 0.388 e. The molecule has 0 spiro atoms. The maximum atomic E-state index is 12.0. The summed E-state index contributed by atoms with van der Waals surface area (Å²) in [7, 11) is 3.95. The van der Waals surface area contributed by atoms with Crippen LogP contribution >= 0.6 is 0 Å². The van der Waals surface area contributed by atoms with E-state index in [4.69, 9.17) is 5.26 Å². The molecule has 0 radical (unpaired) electrons. The Morgan fingerprint density at radius 2 is 2.17 bits per heavy atom. The Balaban J connectivity index is 2.46. The van der Waals surface area contributed by atoms with Crippen molar-refractivity contribution in [2.75, 3.05) is 53.4 Å². The smallest absolute Gasteiger partial charge is 0.266 e. The van der Waals surface area contributed by atoms with E-state index in [9.17, 15) is 4.79 Å². The first kappa shape index (κ1) is 14.5. The number of rotatable bonds is 5. The highest BCUT2D eigenvalue weighted by molar-refractivity contribution is 5.97. The minimum absolute atomic E-state index is 0.177. The van der Waals surface area contributed by atoms with Gasteiger partial charge in [-0.05, 0) is 14.1 Å². The summed E-state index contributed by atoms with van der Waals surface area (Å²) >= 11 is 0. The summed E-state index contributed by atoms with van der Waals surface area (Å²) < 4.78 is 0. The third kappa shape index (κ3) is 4.73. The second kappa shape index (κ2) is 7.69. The van der Waals surface area contributed by atoms with E-state index in [1.54, 1.807) is 4.90 Å². The number of likely N-dealkylation sites (N-methyl/N-ethyl adjacent to an activating group) is 1. The molecule has 6 nitrogen and oxygen atoms in total. The molecule has 1 aliphatic rings. The van der Waals surface area contributed by atoms with Gasteiger partial charge >= 0.3 is 0 Å². The molecule has 0 aromatic rings. The lowest BCUT2D eigenvalue weighted by Crippen LogP contribution is -2.47. The molecule has 0 bridgehead atoms. The monoisotopic (exact) mass is 251 g/mol. The molecule has 0 unspecified atom stereocenters. The molecule has 2 N–H and O–H groups in total. The molecular formula is C12H21N5O. The van der Waals surface area contributed by atoms with Gasteiger partial charge in [-0.3, -0.25) is 4.79 Å². The molecular weight excluding hydrogens is 230 g/mol. The molecule has 1 amide bonds. The van der Waals surface area contributed by atoms with Crippen molar-refractivity contribution >= 4 is 5.91 Å². The predicted octanol–water partition coefficient (Wildman–Crippen LogP) is -1.02. The number of carbonyl (C=O) groups is 1. The summed E-state index contributed by atoms with van der Waals surface area (Å²) in [5.74, 6) is -0.184. The van der Waals surface area contributed by atoms with E-state index in [1.807, 2.05) is 25.1 Å². The molecule has 0 saturated carbocycles. The molecule has 6 heteroatoms. The van der Waals surface area contributed by atoms with Crippen LogP contribution < -0.4 is 10.6 Å². The zero-order valence-electron chi connectivity index (χ0n) is 11.1. The fraction of sp³-hybridized carbons (Fsp3) is 0.667. The summed E-state index contributed by atoms with van der Waals surface area (Å²) in [6.45, 7) is 4.48.